The van der Waals surface area contributed by atoms with Gasteiger partial charge in [0.25, 0.3) is 0 Å². The fourth-order valence-electron chi connectivity index (χ4n) is 2.81. The van der Waals surface area contributed by atoms with E-state index in [1.54, 1.807) is 6.20 Å². The van der Waals surface area contributed by atoms with E-state index in [2.05, 4.69) is 29.8 Å². The highest BCUT2D eigenvalue weighted by molar-refractivity contribution is 5.25. The molecule has 1 aliphatic rings. The average molecular weight is 229 g/mol. The van der Waals surface area contributed by atoms with E-state index in [0.717, 1.165) is 31.5 Å². The second kappa shape index (κ2) is 5.29. The first-order chi connectivity index (χ1) is 8.17. The van der Waals surface area contributed by atoms with Crippen LogP contribution in [0.3, 0.4) is 0 Å². The monoisotopic (exact) mass is 229 g/mol. The lowest BCUT2D eigenvalue weighted by atomic mass is 9.91. The Morgan fingerprint density at radius 1 is 1.41 bits per heavy atom. The standard InChI is InChI=1S/C14H19N3/c1-11-5-12(2)9-17(8-11)10-13-3-4-16-14(6-13)7-15/h3-4,6,11-12H,5,8-10H2,1-2H3. The molecule has 0 aromatic carbocycles. The van der Waals surface area contributed by atoms with Crippen molar-refractivity contribution in [3.05, 3.63) is 29.6 Å². The van der Waals surface area contributed by atoms with Crippen LogP contribution in [0, 0.1) is 23.2 Å². The summed E-state index contributed by atoms with van der Waals surface area (Å²) >= 11 is 0. The van der Waals surface area contributed by atoms with Gasteiger partial charge in [0.05, 0.1) is 0 Å². The third-order valence-electron chi connectivity index (χ3n) is 3.29. The molecule has 90 valence electrons. The van der Waals surface area contributed by atoms with Crippen LogP contribution in [-0.4, -0.2) is 23.0 Å². The third kappa shape index (κ3) is 3.28. The van der Waals surface area contributed by atoms with Gasteiger partial charge in [-0.05, 0) is 36.0 Å². The smallest absolute Gasteiger partial charge is 0.140 e. The maximum atomic E-state index is 8.83. The van der Waals surface area contributed by atoms with Gasteiger partial charge >= 0.3 is 0 Å². The van der Waals surface area contributed by atoms with Gasteiger partial charge in [-0.3, -0.25) is 4.90 Å². The summed E-state index contributed by atoms with van der Waals surface area (Å²) in [5.74, 6) is 1.55. The van der Waals surface area contributed by atoms with Gasteiger partial charge in [-0.25, -0.2) is 4.98 Å². The minimum Gasteiger partial charge on any atom is -0.299 e. The van der Waals surface area contributed by atoms with Crippen LogP contribution in [0.4, 0.5) is 0 Å². The number of pyridine rings is 1. The second-order valence-corrected chi connectivity index (χ2v) is 5.30. The number of piperidine rings is 1. The van der Waals surface area contributed by atoms with E-state index in [0.29, 0.717) is 5.69 Å². The molecule has 0 radical (unpaired) electrons. The summed E-state index contributed by atoms with van der Waals surface area (Å²) in [4.78, 5) is 6.48. The van der Waals surface area contributed by atoms with Crippen molar-refractivity contribution in [2.24, 2.45) is 11.8 Å². The van der Waals surface area contributed by atoms with Gasteiger partial charge in [0, 0.05) is 25.8 Å². The van der Waals surface area contributed by atoms with Crippen molar-refractivity contribution in [2.75, 3.05) is 13.1 Å². The van der Waals surface area contributed by atoms with Crippen LogP contribution in [0.2, 0.25) is 0 Å². The molecule has 3 nitrogen and oxygen atoms in total. The lowest BCUT2D eigenvalue weighted by molar-refractivity contribution is 0.134. The van der Waals surface area contributed by atoms with Crippen LogP contribution in [0.1, 0.15) is 31.5 Å². The quantitative estimate of drug-likeness (QED) is 0.782. The summed E-state index contributed by atoms with van der Waals surface area (Å²) in [6, 6.07) is 5.99. The predicted molar refractivity (Wildman–Crippen MR) is 67.2 cm³/mol. The Hall–Kier alpha value is -1.40. The van der Waals surface area contributed by atoms with Crippen molar-refractivity contribution < 1.29 is 0 Å². The van der Waals surface area contributed by atoms with Crippen LogP contribution in [0.15, 0.2) is 18.3 Å². The highest BCUT2D eigenvalue weighted by Gasteiger charge is 2.21. The summed E-state index contributed by atoms with van der Waals surface area (Å²) in [7, 11) is 0. The lowest BCUT2D eigenvalue weighted by Gasteiger charge is -2.34. The SMILES string of the molecule is CC1CC(C)CN(Cc2ccnc(C#N)c2)C1. The van der Waals surface area contributed by atoms with E-state index >= 15 is 0 Å². The van der Waals surface area contributed by atoms with Gasteiger partial charge in [0.1, 0.15) is 11.8 Å². The molecule has 1 aromatic heterocycles. The summed E-state index contributed by atoms with van der Waals surface area (Å²) in [6.07, 6.45) is 3.06. The zero-order chi connectivity index (χ0) is 12.3. The molecule has 3 heteroatoms. The number of aromatic nitrogens is 1. The van der Waals surface area contributed by atoms with Crippen molar-refractivity contribution in [3.8, 4) is 6.07 Å². The first kappa shape index (κ1) is 12.1. The van der Waals surface area contributed by atoms with E-state index in [9.17, 15) is 0 Å². The molecule has 0 bridgehead atoms. The number of nitrogens with zero attached hydrogens (tertiary/aromatic N) is 3. The summed E-state index contributed by atoms with van der Waals surface area (Å²) in [5, 5.41) is 8.83. The first-order valence-electron chi connectivity index (χ1n) is 6.24. The van der Waals surface area contributed by atoms with Gasteiger partial charge in [-0.1, -0.05) is 13.8 Å². The Morgan fingerprint density at radius 3 is 2.76 bits per heavy atom. The molecule has 0 spiro atoms. The van der Waals surface area contributed by atoms with Crippen molar-refractivity contribution in [3.63, 3.8) is 0 Å². The first-order valence-corrected chi connectivity index (χ1v) is 6.24. The van der Waals surface area contributed by atoms with Crippen LogP contribution in [-0.2, 0) is 6.54 Å². The maximum absolute atomic E-state index is 8.83. The van der Waals surface area contributed by atoms with Crippen LogP contribution >= 0.6 is 0 Å². The van der Waals surface area contributed by atoms with Crippen molar-refractivity contribution >= 4 is 0 Å². The van der Waals surface area contributed by atoms with Crippen LogP contribution in [0.25, 0.3) is 0 Å². The Labute approximate surface area is 103 Å². The topological polar surface area (TPSA) is 39.9 Å². The molecular weight excluding hydrogens is 210 g/mol. The van der Waals surface area contributed by atoms with Gasteiger partial charge < -0.3 is 0 Å². The molecule has 0 aliphatic carbocycles. The molecule has 1 aliphatic heterocycles. The van der Waals surface area contributed by atoms with E-state index in [-0.39, 0.29) is 0 Å². The molecule has 1 aromatic rings. The molecular formula is C14H19N3. The zero-order valence-electron chi connectivity index (χ0n) is 10.6. The number of hydrogen-bond donors (Lipinski definition) is 0. The van der Waals surface area contributed by atoms with E-state index in [4.69, 9.17) is 5.26 Å². The molecule has 0 amide bonds. The molecule has 0 N–H and O–H groups in total. The highest BCUT2D eigenvalue weighted by Crippen LogP contribution is 2.22. The third-order valence-corrected chi connectivity index (χ3v) is 3.29. The van der Waals surface area contributed by atoms with Gasteiger partial charge in [0.15, 0.2) is 0 Å². The molecule has 1 fully saturated rings. The largest absolute Gasteiger partial charge is 0.299 e. The second-order valence-electron chi connectivity index (χ2n) is 5.30. The number of likely N-dealkylation sites (tertiary alicyclic amines) is 1. The molecule has 2 atom stereocenters. The highest BCUT2D eigenvalue weighted by atomic mass is 15.1. The van der Waals surface area contributed by atoms with Gasteiger partial charge in [0.2, 0.25) is 0 Å². The van der Waals surface area contributed by atoms with Gasteiger partial charge in [-0.15, -0.1) is 0 Å². The summed E-state index contributed by atoms with van der Waals surface area (Å²) in [6.45, 7) is 7.89. The molecule has 2 heterocycles. The number of hydrogen-bond acceptors (Lipinski definition) is 3. The fourth-order valence-corrected chi connectivity index (χ4v) is 2.81. The maximum Gasteiger partial charge on any atom is 0.140 e. The van der Waals surface area contributed by atoms with Crippen LogP contribution in [0.5, 0.6) is 0 Å². The Kier molecular flexibility index (Phi) is 3.75. The molecule has 2 rings (SSSR count). The molecule has 2 unspecified atom stereocenters. The summed E-state index contributed by atoms with van der Waals surface area (Å²) in [5.41, 5.74) is 1.71. The van der Waals surface area contributed by atoms with Gasteiger partial charge in [-0.2, -0.15) is 5.26 Å². The van der Waals surface area contributed by atoms with E-state index < -0.39 is 0 Å². The van der Waals surface area contributed by atoms with Crippen molar-refractivity contribution in [2.45, 2.75) is 26.8 Å². The predicted octanol–water partition coefficient (Wildman–Crippen LogP) is 2.43. The van der Waals surface area contributed by atoms with Crippen LogP contribution < -0.4 is 0 Å². The Balaban J connectivity index is 2.02. The molecule has 0 saturated carbocycles. The number of nitriles is 1. The zero-order valence-corrected chi connectivity index (χ0v) is 10.6. The van der Waals surface area contributed by atoms with E-state index in [1.807, 2.05) is 12.1 Å². The Morgan fingerprint density at radius 2 is 2.12 bits per heavy atom. The summed E-state index contributed by atoms with van der Waals surface area (Å²) < 4.78 is 0. The minimum absolute atomic E-state index is 0.514. The Bertz CT molecular complexity index is 412. The van der Waals surface area contributed by atoms with E-state index in [1.165, 1.54) is 12.0 Å². The number of rotatable bonds is 2. The molecule has 1 saturated heterocycles. The van der Waals surface area contributed by atoms with Crippen molar-refractivity contribution in [1.29, 1.82) is 5.26 Å². The minimum atomic E-state index is 0.514. The van der Waals surface area contributed by atoms with Crippen molar-refractivity contribution in [1.82, 2.24) is 9.88 Å². The molecule has 17 heavy (non-hydrogen) atoms. The lowest BCUT2D eigenvalue weighted by Crippen LogP contribution is -2.38. The average Bonchev–Trinajstić information content (AvgIpc) is 2.28. The normalized spacial score (nSPS) is 25.5. The fraction of sp³-hybridized carbons (Fsp3) is 0.571.